The van der Waals surface area contributed by atoms with Crippen LogP contribution in [-0.2, 0) is 0 Å². The van der Waals surface area contributed by atoms with Gasteiger partial charge in [0.05, 0.1) is 21.4 Å². The van der Waals surface area contributed by atoms with E-state index in [0.717, 1.165) is 11.3 Å². The molecule has 0 spiro atoms. The Balaban J connectivity index is 2.18. The number of nitrogens with zero attached hydrogens (tertiary/aromatic N) is 1. The number of halogens is 3. The molecule has 0 aliphatic rings. The fraction of sp³-hybridized carbons (Fsp3) is 0.0714. The SMILES string of the molecule is C/C(=N/Nc1cccc(Cl)c1Cl)c1ccc(Cl)cc1. The van der Waals surface area contributed by atoms with Gasteiger partial charge in [-0.05, 0) is 36.8 Å². The zero-order valence-corrected chi connectivity index (χ0v) is 12.4. The second-order valence-electron chi connectivity index (χ2n) is 3.92. The van der Waals surface area contributed by atoms with Gasteiger partial charge in [-0.2, -0.15) is 5.10 Å². The monoisotopic (exact) mass is 312 g/mol. The highest BCUT2D eigenvalue weighted by atomic mass is 35.5. The Morgan fingerprint density at radius 2 is 1.68 bits per heavy atom. The van der Waals surface area contributed by atoms with Crippen LogP contribution in [0, 0.1) is 0 Å². The first kappa shape index (κ1) is 14.2. The lowest BCUT2D eigenvalue weighted by atomic mass is 10.1. The van der Waals surface area contributed by atoms with Gasteiger partial charge in [-0.1, -0.05) is 53.0 Å². The lowest BCUT2D eigenvalue weighted by molar-refractivity contribution is 1.32. The van der Waals surface area contributed by atoms with Gasteiger partial charge >= 0.3 is 0 Å². The first-order valence-corrected chi connectivity index (χ1v) is 6.71. The number of hydrogen-bond donors (Lipinski definition) is 1. The molecule has 0 atom stereocenters. The number of nitrogens with one attached hydrogen (secondary N) is 1. The average Bonchev–Trinajstić information content (AvgIpc) is 2.41. The lowest BCUT2D eigenvalue weighted by Crippen LogP contribution is -1.99. The van der Waals surface area contributed by atoms with Crippen LogP contribution in [0.5, 0.6) is 0 Å². The van der Waals surface area contributed by atoms with Crippen molar-refractivity contribution in [3.8, 4) is 0 Å². The fourth-order valence-electron chi connectivity index (χ4n) is 1.49. The van der Waals surface area contributed by atoms with Gasteiger partial charge in [0.25, 0.3) is 0 Å². The van der Waals surface area contributed by atoms with Gasteiger partial charge in [-0.25, -0.2) is 0 Å². The number of hydrogen-bond acceptors (Lipinski definition) is 2. The van der Waals surface area contributed by atoms with E-state index in [0.29, 0.717) is 20.8 Å². The molecule has 2 aromatic rings. The Morgan fingerprint density at radius 3 is 2.37 bits per heavy atom. The third kappa shape index (κ3) is 3.63. The van der Waals surface area contributed by atoms with Crippen LogP contribution < -0.4 is 5.43 Å². The maximum atomic E-state index is 6.06. The van der Waals surface area contributed by atoms with Crippen molar-refractivity contribution in [2.75, 3.05) is 5.43 Å². The van der Waals surface area contributed by atoms with E-state index >= 15 is 0 Å². The summed E-state index contributed by atoms with van der Waals surface area (Å²) in [6.45, 7) is 1.90. The topological polar surface area (TPSA) is 24.4 Å². The predicted octanol–water partition coefficient (Wildman–Crippen LogP) is 5.48. The summed E-state index contributed by atoms with van der Waals surface area (Å²) >= 11 is 17.8. The fourth-order valence-corrected chi connectivity index (χ4v) is 1.96. The van der Waals surface area contributed by atoms with Crippen molar-refractivity contribution in [2.24, 2.45) is 5.10 Å². The summed E-state index contributed by atoms with van der Waals surface area (Å²) in [5.74, 6) is 0. The third-order valence-electron chi connectivity index (χ3n) is 2.56. The van der Waals surface area contributed by atoms with Crippen molar-refractivity contribution in [1.29, 1.82) is 0 Å². The Hall–Kier alpha value is -1.22. The Bertz CT molecular complexity index is 607. The predicted molar refractivity (Wildman–Crippen MR) is 83.7 cm³/mol. The second kappa shape index (κ2) is 6.29. The summed E-state index contributed by atoms with van der Waals surface area (Å²) in [5, 5.41) is 5.92. The van der Waals surface area contributed by atoms with Crippen LogP contribution in [0.25, 0.3) is 0 Å². The molecule has 0 saturated carbocycles. The molecular weight excluding hydrogens is 303 g/mol. The highest BCUT2D eigenvalue weighted by Crippen LogP contribution is 2.29. The van der Waals surface area contributed by atoms with Crippen LogP contribution in [0.4, 0.5) is 5.69 Å². The van der Waals surface area contributed by atoms with E-state index in [1.165, 1.54) is 0 Å². The van der Waals surface area contributed by atoms with Gasteiger partial charge in [-0.3, -0.25) is 5.43 Å². The van der Waals surface area contributed by atoms with Crippen molar-refractivity contribution in [1.82, 2.24) is 0 Å². The minimum atomic E-state index is 0.455. The third-order valence-corrected chi connectivity index (χ3v) is 3.63. The molecule has 0 amide bonds. The maximum absolute atomic E-state index is 6.06. The van der Waals surface area contributed by atoms with Gasteiger partial charge in [0, 0.05) is 5.02 Å². The molecule has 0 fully saturated rings. The lowest BCUT2D eigenvalue weighted by Gasteiger charge is -2.06. The molecule has 5 heteroatoms. The summed E-state index contributed by atoms with van der Waals surface area (Å²) in [6.07, 6.45) is 0. The largest absolute Gasteiger partial charge is 0.277 e. The average molecular weight is 314 g/mol. The van der Waals surface area contributed by atoms with E-state index in [9.17, 15) is 0 Å². The van der Waals surface area contributed by atoms with E-state index in [-0.39, 0.29) is 0 Å². The summed E-state index contributed by atoms with van der Waals surface area (Å²) < 4.78 is 0. The van der Waals surface area contributed by atoms with E-state index < -0.39 is 0 Å². The van der Waals surface area contributed by atoms with Crippen LogP contribution in [0.3, 0.4) is 0 Å². The summed E-state index contributed by atoms with van der Waals surface area (Å²) in [4.78, 5) is 0. The molecule has 0 saturated heterocycles. The molecular formula is C14H11Cl3N2. The minimum absolute atomic E-state index is 0.455. The van der Waals surface area contributed by atoms with Crippen molar-refractivity contribution < 1.29 is 0 Å². The molecule has 19 heavy (non-hydrogen) atoms. The van der Waals surface area contributed by atoms with Gasteiger partial charge in [0.1, 0.15) is 0 Å². The Kier molecular flexibility index (Phi) is 4.70. The molecule has 98 valence electrons. The molecule has 0 bridgehead atoms. The molecule has 1 N–H and O–H groups in total. The first-order valence-electron chi connectivity index (χ1n) is 5.58. The van der Waals surface area contributed by atoms with Crippen molar-refractivity contribution in [3.63, 3.8) is 0 Å². The maximum Gasteiger partial charge on any atom is 0.0842 e. The number of anilines is 1. The Labute approximate surface area is 127 Å². The molecule has 0 unspecified atom stereocenters. The van der Waals surface area contributed by atoms with Gasteiger partial charge in [0.15, 0.2) is 0 Å². The van der Waals surface area contributed by atoms with Crippen LogP contribution in [0.1, 0.15) is 12.5 Å². The zero-order valence-electron chi connectivity index (χ0n) is 10.1. The van der Waals surface area contributed by atoms with Gasteiger partial charge in [0.2, 0.25) is 0 Å². The molecule has 0 aliphatic carbocycles. The van der Waals surface area contributed by atoms with Crippen LogP contribution in [-0.4, -0.2) is 5.71 Å². The van der Waals surface area contributed by atoms with Gasteiger partial charge in [-0.15, -0.1) is 0 Å². The van der Waals surface area contributed by atoms with E-state index in [2.05, 4.69) is 10.5 Å². The van der Waals surface area contributed by atoms with Crippen LogP contribution in [0.15, 0.2) is 47.6 Å². The normalized spacial score (nSPS) is 11.5. The highest BCUT2D eigenvalue weighted by molar-refractivity contribution is 6.43. The Morgan fingerprint density at radius 1 is 1.00 bits per heavy atom. The molecule has 0 aromatic heterocycles. The van der Waals surface area contributed by atoms with Crippen molar-refractivity contribution >= 4 is 46.2 Å². The summed E-state index contributed by atoms with van der Waals surface area (Å²) in [5.41, 5.74) is 5.38. The molecule has 2 rings (SSSR count). The zero-order chi connectivity index (χ0) is 13.8. The standard InChI is InChI=1S/C14H11Cl3N2/c1-9(10-5-7-11(15)8-6-10)18-19-13-4-2-3-12(16)14(13)17/h2-8,19H,1H3/b18-9-. The van der Waals surface area contributed by atoms with Crippen LogP contribution in [0.2, 0.25) is 15.1 Å². The van der Waals surface area contributed by atoms with Crippen LogP contribution >= 0.6 is 34.8 Å². The number of benzene rings is 2. The molecule has 2 nitrogen and oxygen atoms in total. The molecule has 0 heterocycles. The number of hydrazone groups is 1. The van der Waals surface area contributed by atoms with Crippen molar-refractivity contribution in [3.05, 3.63) is 63.1 Å². The van der Waals surface area contributed by atoms with Crippen molar-refractivity contribution in [2.45, 2.75) is 6.92 Å². The first-order chi connectivity index (χ1) is 9.08. The highest BCUT2D eigenvalue weighted by Gasteiger charge is 2.03. The van der Waals surface area contributed by atoms with E-state index in [4.69, 9.17) is 34.8 Å². The molecule has 0 radical (unpaired) electrons. The molecule has 2 aromatic carbocycles. The minimum Gasteiger partial charge on any atom is -0.277 e. The molecule has 0 aliphatic heterocycles. The summed E-state index contributed by atoms with van der Waals surface area (Å²) in [7, 11) is 0. The van der Waals surface area contributed by atoms with E-state index in [1.54, 1.807) is 6.07 Å². The van der Waals surface area contributed by atoms with Gasteiger partial charge < -0.3 is 0 Å². The number of rotatable bonds is 3. The summed E-state index contributed by atoms with van der Waals surface area (Å²) in [6, 6.07) is 12.8. The van der Waals surface area contributed by atoms with E-state index in [1.807, 2.05) is 43.3 Å². The smallest absolute Gasteiger partial charge is 0.0842 e. The quantitative estimate of drug-likeness (QED) is 0.588. The second-order valence-corrected chi connectivity index (χ2v) is 5.14.